The number of fused-ring (bicyclic) bond motifs is 1. The maximum Gasteiger partial charge on any atom is 0.246 e. The Labute approximate surface area is 127 Å². The Kier molecular flexibility index (Phi) is 4.04. The quantitative estimate of drug-likeness (QED) is 0.943. The van der Waals surface area contributed by atoms with Crippen LogP contribution < -0.4 is 10.2 Å². The number of hydrogen-bond donors (Lipinski definition) is 1. The third kappa shape index (κ3) is 2.93. The average molecular weight is 302 g/mol. The molecule has 1 heterocycles. The number of nitrogens with one attached hydrogen (secondary N) is 1. The fraction of sp³-hybridized carbons (Fsp3) is 0.235. The Hall–Kier alpha value is -2.43. The number of carbonyl (C=O) groups is 1. The first-order valence-corrected chi connectivity index (χ1v) is 7.22. The minimum Gasteiger partial charge on any atom is -0.374 e. The van der Waals surface area contributed by atoms with Crippen LogP contribution in [0.5, 0.6) is 0 Å². The van der Waals surface area contributed by atoms with Crippen molar-refractivity contribution in [2.45, 2.75) is 12.8 Å². The van der Waals surface area contributed by atoms with E-state index in [9.17, 15) is 13.6 Å². The predicted molar refractivity (Wildman–Crippen MR) is 82.0 cm³/mol. The minimum absolute atomic E-state index is 0.0309. The Bertz CT molecular complexity index is 703. The third-order valence-corrected chi connectivity index (χ3v) is 3.77. The van der Waals surface area contributed by atoms with Crippen LogP contribution in [0.2, 0.25) is 0 Å². The number of halogens is 2. The smallest absolute Gasteiger partial charge is 0.246 e. The molecule has 0 aliphatic carbocycles. The van der Waals surface area contributed by atoms with Crippen molar-refractivity contribution in [1.82, 2.24) is 0 Å². The lowest BCUT2D eigenvalue weighted by Crippen LogP contribution is -2.39. The van der Waals surface area contributed by atoms with E-state index >= 15 is 0 Å². The molecule has 3 rings (SSSR count). The van der Waals surface area contributed by atoms with Crippen LogP contribution in [-0.2, 0) is 11.2 Å². The second kappa shape index (κ2) is 6.13. The summed E-state index contributed by atoms with van der Waals surface area (Å²) in [6.45, 7) is 0.625. The van der Waals surface area contributed by atoms with Gasteiger partial charge in [-0.25, -0.2) is 8.78 Å². The zero-order chi connectivity index (χ0) is 15.5. The highest BCUT2D eigenvalue weighted by atomic mass is 19.1. The van der Waals surface area contributed by atoms with Gasteiger partial charge in [0, 0.05) is 18.3 Å². The molecule has 3 nitrogen and oxygen atoms in total. The van der Waals surface area contributed by atoms with Crippen LogP contribution in [0, 0.1) is 11.6 Å². The van der Waals surface area contributed by atoms with E-state index in [1.54, 1.807) is 4.90 Å². The first kappa shape index (κ1) is 14.5. The van der Waals surface area contributed by atoms with Crippen molar-refractivity contribution in [3.05, 3.63) is 59.7 Å². The van der Waals surface area contributed by atoms with Crippen molar-refractivity contribution in [2.75, 3.05) is 23.3 Å². The number of aryl methyl sites for hydroxylation is 1. The summed E-state index contributed by atoms with van der Waals surface area (Å²) in [6.07, 6.45) is 1.87. The second-order valence-corrected chi connectivity index (χ2v) is 5.26. The molecule has 0 saturated heterocycles. The molecule has 2 aromatic carbocycles. The molecule has 5 heteroatoms. The summed E-state index contributed by atoms with van der Waals surface area (Å²) in [6, 6.07) is 11.0. The van der Waals surface area contributed by atoms with Crippen molar-refractivity contribution < 1.29 is 13.6 Å². The van der Waals surface area contributed by atoms with Gasteiger partial charge in [-0.05, 0) is 36.6 Å². The van der Waals surface area contributed by atoms with E-state index in [-0.39, 0.29) is 18.1 Å². The molecule has 0 atom stereocenters. The number of carbonyl (C=O) groups excluding carboxylic acids is 1. The normalized spacial score (nSPS) is 13.6. The highest BCUT2D eigenvalue weighted by Crippen LogP contribution is 2.26. The molecule has 0 saturated carbocycles. The maximum atomic E-state index is 13.6. The number of nitrogens with zero attached hydrogens (tertiary/aromatic N) is 1. The number of hydrogen-bond acceptors (Lipinski definition) is 2. The first-order valence-electron chi connectivity index (χ1n) is 7.22. The monoisotopic (exact) mass is 302 g/mol. The zero-order valence-electron chi connectivity index (χ0n) is 12.0. The molecule has 0 unspecified atom stereocenters. The van der Waals surface area contributed by atoms with Gasteiger partial charge in [-0.1, -0.05) is 18.2 Å². The van der Waals surface area contributed by atoms with Crippen molar-refractivity contribution in [3.63, 3.8) is 0 Å². The van der Waals surface area contributed by atoms with Gasteiger partial charge in [0.2, 0.25) is 5.91 Å². The van der Waals surface area contributed by atoms with Crippen LogP contribution in [0.15, 0.2) is 42.5 Å². The Balaban J connectivity index is 1.70. The standard InChI is InChI=1S/C17H16F2N2O/c18-13-7-8-15(14(19)10-13)20-11-17(22)21-9-3-5-12-4-1-2-6-16(12)21/h1-2,4,6-8,10,20H,3,5,9,11H2. The Morgan fingerprint density at radius 1 is 1.18 bits per heavy atom. The molecule has 1 amide bonds. The van der Waals surface area contributed by atoms with Gasteiger partial charge in [-0.15, -0.1) is 0 Å². The van der Waals surface area contributed by atoms with Gasteiger partial charge >= 0.3 is 0 Å². The zero-order valence-corrected chi connectivity index (χ0v) is 12.0. The van der Waals surface area contributed by atoms with E-state index in [1.807, 2.05) is 24.3 Å². The SMILES string of the molecule is O=C(CNc1ccc(F)cc1F)N1CCCc2ccccc21. The molecule has 0 bridgehead atoms. The summed E-state index contributed by atoms with van der Waals surface area (Å²) in [4.78, 5) is 14.1. The lowest BCUT2D eigenvalue weighted by Gasteiger charge is -2.29. The summed E-state index contributed by atoms with van der Waals surface area (Å²) in [5.41, 5.74) is 2.19. The molecule has 1 aliphatic heterocycles. The Morgan fingerprint density at radius 2 is 2.00 bits per heavy atom. The van der Waals surface area contributed by atoms with Crippen LogP contribution >= 0.6 is 0 Å². The van der Waals surface area contributed by atoms with E-state index in [4.69, 9.17) is 0 Å². The molecule has 0 radical (unpaired) electrons. The molecule has 114 valence electrons. The highest BCUT2D eigenvalue weighted by molar-refractivity contribution is 5.97. The summed E-state index contributed by atoms with van der Waals surface area (Å²) >= 11 is 0. The largest absolute Gasteiger partial charge is 0.374 e. The fourth-order valence-corrected chi connectivity index (χ4v) is 2.69. The molecule has 0 fully saturated rings. The lowest BCUT2D eigenvalue weighted by molar-refractivity contribution is -0.117. The van der Waals surface area contributed by atoms with Crippen molar-refractivity contribution in [3.8, 4) is 0 Å². The molecule has 0 spiro atoms. The summed E-state index contributed by atoms with van der Waals surface area (Å²) in [5.74, 6) is -1.47. The van der Waals surface area contributed by atoms with Crippen LogP contribution in [-0.4, -0.2) is 19.0 Å². The van der Waals surface area contributed by atoms with Gasteiger partial charge in [0.15, 0.2) is 0 Å². The van der Waals surface area contributed by atoms with Gasteiger partial charge in [0.25, 0.3) is 0 Å². The van der Waals surface area contributed by atoms with E-state index in [1.165, 1.54) is 6.07 Å². The van der Waals surface area contributed by atoms with Gasteiger partial charge in [-0.2, -0.15) is 0 Å². The molecular weight excluding hydrogens is 286 g/mol. The second-order valence-electron chi connectivity index (χ2n) is 5.26. The van der Waals surface area contributed by atoms with Crippen molar-refractivity contribution in [2.24, 2.45) is 0 Å². The molecule has 1 aliphatic rings. The maximum absolute atomic E-state index is 13.6. The lowest BCUT2D eigenvalue weighted by atomic mass is 10.0. The number of benzene rings is 2. The molecule has 22 heavy (non-hydrogen) atoms. The molecule has 2 aromatic rings. The predicted octanol–water partition coefficient (Wildman–Crippen LogP) is 3.36. The van der Waals surface area contributed by atoms with Gasteiger partial charge in [0.05, 0.1) is 12.2 Å². The van der Waals surface area contributed by atoms with Gasteiger partial charge < -0.3 is 10.2 Å². The number of anilines is 2. The minimum atomic E-state index is -0.702. The fourth-order valence-electron chi connectivity index (χ4n) is 2.69. The molecule has 1 N–H and O–H groups in total. The number of para-hydroxylation sites is 1. The van der Waals surface area contributed by atoms with Crippen LogP contribution in [0.4, 0.5) is 20.2 Å². The van der Waals surface area contributed by atoms with Crippen LogP contribution in [0.3, 0.4) is 0 Å². The van der Waals surface area contributed by atoms with Crippen LogP contribution in [0.1, 0.15) is 12.0 Å². The number of amides is 1. The summed E-state index contributed by atoms with van der Waals surface area (Å²) in [5, 5.41) is 2.74. The number of rotatable bonds is 3. The van der Waals surface area contributed by atoms with E-state index < -0.39 is 11.6 Å². The topological polar surface area (TPSA) is 32.3 Å². The van der Waals surface area contributed by atoms with E-state index in [0.717, 1.165) is 36.2 Å². The summed E-state index contributed by atoms with van der Waals surface area (Å²) in [7, 11) is 0. The van der Waals surface area contributed by atoms with Crippen molar-refractivity contribution >= 4 is 17.3 Å². The third-order valence-electron chi connectivity index (χ3n) is 3.77. The van der Waals surface area contributed by atoms with Gasteiger partial charge in [-0.3, -0.25) is 4.79 Å². The molecule has 0 aromatic heterocycles. The first-order chi connectivity index (χ1) is 10.6. The van der Waals surface area contributed by atoms with E-state index in [0.29, 0.717) is 6.54 Å². The van der Waals surface area contributed by atoms with Crippen molar-refractivity contribution in [1.29, 1.82) is 0 Å². The highest BCUT2D eigenvalue weighted by Gasteiger charge is 2.21. The molecular formula is C17H16F2N2O. The van der Waals surface area contributed by atoms with Crippen LogP contribution in [0.25, 0.3) is 0 Å². The average Bonchev–Trinajstić information content (AvgIpc) is 2.53. The summed E-state index contributed by atoms with van der Waals surface area (Å²) < 4.78 is 26.4. The Morgan fingerprint density at radius 3 is 2.82 bits per heavy atom. The van der Waals surface area contributed by atoms with E-state index in [2.05, 4.69) is 5.32 Å². The van der Waals surface area contributed by atoms with Gasteiger partial charge in [0.1, 0.15) is 11.6 Å².